The standard InChI is InChI=1S/C19H15BrN4O2/c1-11-10-24-17(21-11)15-7-6-12(18(25)26-2)8-16(15)23-19(24)22-14-5-3-4-13(20)9-14/h3-10H,1-2H3,(H,22,23). The van der Waals surface area contributed by atoms with Gasteiger partial charge in [0.1, 0.15) is 5.65 Å². The van der Waals surface area contributed by atoms with Gasteiger partial charge in [0, 0.05) is 21.7 Å². The third-order valence-corrected chi connectivity index (χ3v) is 4.51. The fourth-order valence-electron chi connectivity index (χ4n) is 2.86. The van der Waals surface area contributed by atoms with E-state index in [1.54, 1.807) is 12.1 Å². The predicted molar refractivity (Wildman–Crippen MR) is 104 cm³/mol. The molecule has 130 valence electrons. The number of nitrogens with one attached hydrogen (secondary N) is 1. The molecular formula is C19H15BrN4O2. The van der Waals surface area contributed by atoms with Crippen molar-refractivity contribution in [2.45, 2.75) is 6.92 Å². The Morgan fingerprint density at radius 2 is 2.04 bits per heavy atom. The molecule has 0 atom stereocenters. The second-order valence-corrected chi connectivity index (χ2v) is 6.79. The van der Waals surface area contributed by atoms with Crippen LogP contribution in [-0.4, -0.2) is 27.4 Å². The van der Waals surface area contributed by atoms with E-state index in [2.05, 4.69) is 26.2 Å². The van der Waals surface area contributed by atoms with Crippen LogP contribution in [0.4, 0.5) is 11.6 Å². The first-order chi connectivity index (χ1) is 12.5. The van der Waals surface area contributed by atoms with Gasteiger partial charge in [-0.3, -0.25) is 4.40 Å². The van der Waals surface area contributed by atoms with E-state index >= 15 is 0 Å². The van der Waals surface area contributed by atoms with Crippen LogP contribution in [-0.2, 0) is 4.74 Å². The SMILES string of the molecule is COC(=O)c1ccc2c(c1)nc(Nc1cccc(Br)c1)n1cc(C)nc21. The monoisotopic (exact) mass is 410 g/mol. The Balaban J connectivity index is 1.93. The van der Waals surface area contributed by atoms with Crippen LogP contribution < -0.4 is 5.32 Å². The summed E-state index contributed by atoms with van der Waals surface area (Å²) in [7, 11) is 1.36. The number of nitrogens with zero attached hydrogens (tertiary/aromatic N) is 3. The summed E-state index contributed by atoms with van der Waals surface area (Å²) in [5, 5.41) is 4.19. The topological polar surface area (TPSA) is 68.5 Å². The molecule has 0 radical (unpaired) electrons. The lowest BCUT2D eigenvalue weighted by atomic mass is 10.1. The Morgan fingerprint density at radius 3 is 2.81 bits per heavy atom. The molecular weight excluding hydrogens is 396 g/mol. The second-order valence-electron chi connectivity index (χ2n) is 5.87. The van der Waals surface area contributed by atoms with E-state index in [4.69, 9.17) is 9.72 Å². The summed E-state index contributed by atoms with van der Waals surface area (Å²) in [5.41, 5.74) is 3.68. The van der Waals surface area contributed by atoms with Gasteiger partial charge in [0.15, 0.2) is 0 Å². The van der Waals surface area contributed by atoms with E-state index in [-0.39, 0.29) is 0 Å². The van der Waals surface area contributed by atoms with Gasteiger partial charge in [-0.05, 0) is 43.3 Å². The fraction of sp³-hybridized carbons (Fsp3) is 0.105. The number of benzene rings is 2. The van der Waals surface area contributed by atoms with Crippen molar-refractivity contribution in [3.05, 3.63) is 64.4 Å². The van der Waals surface area contributed by atoms with E-state index in [0.29, 0.717) is 17.0 Å². The van der Waals surface area contributed by atoms with Crippen LogP contribution >= 0.6 is 15.9 Å². The molecule has 0 saturated carbocycles. The van der Waals surface area contributed by atoms with Crippen LogP contribution in [0, 0.1) is 6.92 Å². The zero-order chi connectivity index (χ0) is 18.3. The number of rotatable bonds is 3. The van der Waals surface area contributed by atoms with E-state index in [1.165, 1.54) is 7.11 Å². The zero-order valence-electron chi connectivity index (χ0n) is 14.2. The summed E-state index contributed by atoms with van der Waals surface area (Å²) in [6.07, 6.45) is 1.93. The molecule has 0 spiro atoms. The van der Waals surface area contributed by atoms with Gasteiger partial charge in [-0.2, -0.15) is 0 Å². The van der Waals surface area contributed by atoms with Crippen LogP contribution in [0.15, 0.2) is 53.1 Å². The largest absolute Gasteiger partial charge is 0.465 e. The van der Waals surface area contributed by atoms with Gasteiger partial charge in [0.05, 0.1) is 23.9 Å². The maximum atomic E-state index is 11.8. The smallest absolute Gasteiger partial charge is 0.337 e. The molecule has 4 aromatic rings. The molecule has 6 nitrogen and oxygen atoms in total. The molecule has 0 aliphatic carbocycles. The van der Waals surface area contributed by atoms with E-state index in [9.17, 15) is 4.79 Å². The van der Waals surface area contributed by atoms with Gasteiger partial charge >= 0.3 is 5.97 Å². The maximum absolute atomic E-state index is 11.8. The minimum absolute atomic E-state index is 0.394. The van der Waals surface area contributed by atoms with Gasteiger partial charge in [-0.15, -0.1) is 0 Å². The van der Waals surface area contributed by atoms with Crippen molar-refractivity contribution in [3.63, 3.8) is 0 Å². The molecule has 0 bridgehead atoms. The van der Waals surface area contributed by atoms with E-state index in [1.807, 2.05) is 47.9 Å². The Morgan fingerprint density at radius 1 is 1.19 bits per heavy atom. The fourth-order valence-corrected chi connectivity index (χ4v) is 3.26. The normalized spacial score (nSPS) is 11.0. The average Bonchev–Trinajstić information content (AvgIpc) is 3.02. The molecule has 7 heteroatoms. The van der Waals surface area contributed by atoms with Gasteiger partial charge in [-0.25, -0.2) is 14.8 Å². The summed E-state index contributed by atoms with van der Waals surface area (Å²) in [6.45, 7) is 1.94. The van der Waals surface area contributed by atoms with Crippen LogP contribution in [0.1, 0.15) is 16.1 Å². The first-order valence-electron chi connectivity index (χ1n) is 7.95. The van der Waals surface area contributed by atoms with E-state index < -0.39 is 5.97 Å². The Kier molecular flexibility index (Phi) is 4.08. The number of esters is 1. The number of methoxy groups -OCH3 is 1. The summed E-state index contributed by atoms with van der Waals surface area (Å²) < 4.78 is 7.69. The minimum Gasteiger partial charge on any atom is -0.465 e. The van der Waals surface area contributed by atoms with Gasteiger partial charge in [0.25, 0.3) is 0 Å². The highest BCUT2D eigenvalue weighted by molar-refractivity contribution is 9.10. The quantitative estimate of drug-likeness (QED) is 0.504. The molecule has 0 fully saturated rings. The zero-order valence-corrected chi connectivity index (χ0v) is 15.7. The lowest BCUT2D eigenvalue weighted by Crippen LogP contribution is -2.04. The molecule has 0 amide bonds. The maximum Gasteiger partial charge on any atom is 0.337 e. The molecule has 4 rings (SSSR count). The first-order valence-corrected chi connectivity index (χ1v) is 8.75. The minimum atomic E-state index is -0.394. The predicted octanol–water partition coefficient (Wildman–Crippen LogP) is 4.48. The number of carbonyl (C=O) groups excluding carboxylic acids is 1. The number of anilines is 2. The van der Waals surface area contributed by atoms with Crippen molar-refractivity contribution in [1.29, 1.82) is 0 Å². The molecule has 26 heavy (non-hydrogen) atoms. The third kappa shape index (κ3) is 2.90. The lowest BCUT2D eigenvalue weighted by Gasteiger charge is -2.11. The van der Waals surface area contributed by atoms with Crippen molar-refractivity contribution >= 4 is 50.1 Å². The summed E-state index contributed by atoms with van der Waals surface area (Å²) in [5.74, 6) is 0.225. The van der Waals surface area contributed by atoms with Crippen LogP contribution in [0.3, 0.4) is 0 Å². The average molecular weight is 411 g/mol. The number of aromatic nitrogens is 3. The lowest BCUT2D eigenvalue weighted by molar-refractivity contribution is 0.0601. The number of imidazole rings is 1. The number of hydrogen-bond acceptors (Lipinski definition) is 5. The Hall–Kier alpha value is -2.93. The van der Waals surface area contributed by atoms with Crippen molar-refractivity contribution in [1.82, 2.24) is 14.4 Å². The number of hydrogen-bond donors (Lipinski definition) is 1. The molecule has 2 heterocycles. The third-order valence-electron chi connectivity index (χ3n) is 4.02. The van der Waals surface area contributed by atoms with Crippen LogP contribution in [0.5, 0.6) is 0 Å². The molecule has 0 aliphatic rings. The summed E-state index contributed by atoms with van der Waals surface area (Å²) >= 11 is 3.47. The molecule has 1 N–H and O–H groups in total. The Bertz CT molecular complexity index is 1150. The number of fused-ring (bicyclic) bond motifs is 3. The van der Waals surface area contributed by atoms with Gasteiger partial charge < -0.3 is 10.1 Å². The van der Waals surface area contributed by atoms with Gasteiger partial charge in [-0.1, -0.05) is 22.0 Å². The number of carbonyl (C=O) groups is 1. The molecule has 0 saturated heterocycles. The molecule has 2 aromatic carbocycles. The summed E-state index contributed by atoms with van der Waals surface area (Å²) in [6, 6.07) is 13.1. The number of halogens is 1. The number of aryl methyl sites for hydroxylation is 1. The highest BCUT2D eigenvalue weighted by Gasteiger charge is 2.14. The first kappa shape index (κ1) is 16.5. The second kappa shape index (κ2) is 6.42. The highest BCUT2D eigenvalue weighted by Crippen LogP contribution is 2.26. The van der Waals surface area contributed by atoms with Crippen molar-refractivity contribution in [2.24, 2.45) is 0 Å². The molecule has 0 unspecified atom stereocenters. The van der Waals surface area contributed by atoms with Crippen LogP contribution in [0.2, 0.25) is 0 Å². The van der Waals surface area contributed by atoms with Crippen molar-refractivity contribution < 1.29 is 9.53 Å². The van der Waals surface area contributed by atoms with Gasteiger partial charge in [0.2, 0.25) is 5.95 Å². The molecule has 2 aromatic heterocycles. The van der Waals surface area contributed by atoms with E-state index in [0.717, 1.165) is 26.9 Å². The number of ether oxygens (including phenoxy) is 1. The summed E-state index contributed by atoms with van der Waals surface area (Å²) in [4.78, 5) is 21.2. The molecule has 0 aliphatic heterocycles. The van der Waals surface area contributed by atoms with Crippen LogP contribution in [0.25, 0.3) is 16.6 Å². The highest BCUT2D eigenvalue weighted by atomic mass is 79.9. The Labute approximate surface area is 158 Å². The van der Waals surface area contributed by atoms with Crippen molar-refractivity contribution in [2.75, 3.05) is 12.4 Å². The van der Waals surface area contributed by atoms with Crippen molar-refractivity contribution in [3.8, 4) is 0 Å².